The summed E-state index contributed by atoms with van der Waals surface area (Å²) in [4.78, 5) is 16.2. The molecule has 17 heavy (non-hydrogen) atoms. The first-order valence-corrected chi connectivity index (χ1v) is 5.72. The third kappa shape index (κ3) is 2.36. The Balaban J connectivity index is 2.18. The Kier molecular flexibility index (Phi) is 3.53. The molecule has 0 spiro atoms. The van der Waals surface area contributed by atoms with Crippen molar-refractivity contribution in [3.8, 4) is 0 Å². The van der Waals surface area contributed by atoms with Crippen molar-refractivity contribution in [1.82, 2.24) is 19.3 Å². The fourth-order valence-corrected chi connectivity index (χ4v) is 1.80. The van der Waals surface area contributed by atoms with Gasteiger partial charge >= 0.3 is 0 Å². The van der Waals surface area contributed by atoms with Crippen LogP contribution in [0.25, 0.3) is 11.0 Å². The second-order valence-electron chi connectivity index (χ2n) is 4.03. The van der Waals surface area contributed by atoms with Gasteiger partial charge in [-0.1, -0.05) is 0 Å². The molecule has 2 aromatic rings. The van der Waals surface area contributed by atoms with Crippen LogP contribution in [-0.4, -0.2) is 31.0 Å². The van der Waals surface area contributed by atoms with Crippen LogP contribution in [0.1, 0.15) is 19.3 Å². The molecule has 0 aliphatic carbocycles. The summed E-state index contributed by atoms with van der Waals surface area (Å²) in [6.45, 7) is 0.839. The van der Waals surface area contributed by atoms with E-state index in [9.17, 15) is 4.79 Å². The highest BCUT2D eigenvalue weighted by Gasteiger charge is 2.07. The van der Waals surface area contributed by atoms with E-state index in [-0.39, 0.29) is 12.2 Å². The van der Waals surface area contributed by atoms with E-state index in [4.69, 9.17) is 5.11 Å². The van der Waals surface area contributed by atoms with Crippen molar-refractivity contribution in [2.75, 3.05) is 6.61 Å². The summed E-state index contributed by atoms with van der Waals surface area (Å²) in [5.74, 6) is 0. The van der Waals surface area contributed by atoms with Gasteiger partial charge in [-0.2, -0.15) is 5.10 Å². The van der Waals surface area contributed by atoms with Crippen molar-refractivity contribution in [3.05, 3.63) is 22.9 Å². The van der Waals surface area contributed by atoms with E-state index in [2.05, 4.69) is 10.1 Å². The average Bonchev–Trinajstić information content (AvgIpc) is 2.70. The minimum atomic E-state index is -0.0490. The Morgan fingerprint density at radius 1 is 1.35 bits per heavy atom. The van der Waals surface area contributed by atoms with Crippen LogP contribution in [0.15, 0.2) is 17.3 Å². The SMILES string of the molecule is Cn1ncc2c(=O)n(CCCCCO)cnc21. The van der Waals surface area contributed by atoms with E-state index >= 15 is 0 Å². The molecular weight excluding hydrogens is 220 g/mol. The first-order valence-electron chi connectivity index (χ1n) is 5.72. The van der Waals surface area contributed by atoms with E-state index in [1.54, 1.807) is 28.8 Å². The molecule has 92 valence electrons. The number of hydrogen-bond donors (Lipinski definition) is 1. The normalized spacial score (nSPS) is 11.2. The van der Waals surface area contributed by atoms with Gasteiger partial charge in [-0.25, -0.2) is 4.98 Å². The smallest absolute Gasteiger partial charge is 0.264 e. The lowest BCUT2D eigenvalue weighted by Gasteiger charge is -2.04. The monoisotopic (exact) mass is 236 g/mol. The summed E-state index contributed by atoms with van der Waals surface area (Å²) in [5, 5.41) is 13.2. The van der Waals surface area contributed by atoms with Crippen molar-refractivity contribution in [2.24, 2.45) is 7.05 Å². The summed E-state index contributed by atoms with van der Waals surface area (Å²) in [5.41, 5.74) is 0.564. The van der Waals surface area contributed by atoms with Crippen LogP contribution in [0.4, 0.5) is 0 Å². The topological polar surface area (TPSA) is 72.9 Å². The van der Waals surface area contributed by atoms with Gasteiger partial charge in [0.25, 0.3) is 5.56 Å². The van der Waals surface area contributed by atoms with Crippen LogP contribution in [0.5, 0.6) is 0 Å². The van der Waals surface area contributed by atoms with E-state index in [0.717, 1.165) is 19.3 Å². The zero-order chi connectivity index (χ0) is 12.3. The summed E-state index contributed by atoms with van der Waals surface area (Å²) in [7, 11) is 1.76. The Bertz CT molecular complexity index is 558. The summed E-state index contributed by atoms with van der Waals surface area (Å²) >= 11 is 0. The highest BCUT2D eigenvalue weighted by molar-refractivity contribution is 5.72. The van der Waals surface area contributed by atoms with Gasteiger partial charge in [-0.3, -0.25) is 14.0 Å². The molecule has 0 saturated heterocycles. The van der Waals surface area contributed by atoms with E-state index in [0.29, 0.717) is 17.6 Å². The Labute approximate surface area is 98.5 Å². The number of fused-ring (bicyclic) bond motifs is 1. The number of aryl methyl sites for hydroxylation is 2. The first kappa shape index (κ1) is 11.8. The van der Waals surface area contributed by atoms with Crippen LogP contribution in [0.3, 0.4) is 0 Å². The number of aliphatic hydroxyl groups excluding tert-OH is 1. The quantitative estimate of drug-likeness (QED) is 0.757. The molecule has 1 N–H and O–H groups in total. The maximum absolute atomic E-state index is 12.0. The molecule has 6 heteroatoms. The lowest BCUT2D eigenvalue weighted by Crippen LogP contribution is -2.20. The van der Waals surface area contributed by atoms with Crippen LogP contribution >= 0.6 is 0 Å². The number of aromatic nitrogens is 4. The highest BCUT2D eigenvalue weighted by atomic mass is 16.2. The summed E-state index contributed by atoms with van der Waals surface area (Å²) < 4.78 is 3.19. The maximum Gasteiger partial charge on any atom is 0.264 e. The van der Waals surface area contributed by atoms with Gasteiger partial charge in [0, 0.05) is 20.2 Å². The van der Waals surface area contributed by atoms with Gasteiger partial charge in [0.2, 0.25) is 0 Å². The van der Waals surface area contributed by atoms with Gasteiger partial charge in [0.1, 0.15) is 5.39 Å². The fraction of sp³-hybridized carbons (Fsp3) is 0.545. The predicted octanol–water partition coefficient (Wildman–Crippen LogP) is 0.293. The lowest BCUT2D eigenvalue weighted by atomic mass is 10.2. The summed E-state index contributed by atoms with van der Waals surface area (Å²) in [6, 6.07) is 0. The van der Waals surface area contributed by atoms with Gasteiger partial charge in [-0.15, -0.1) is 0 Å². The first-order chi connectivity index (χ1) is 8.24. The van der Waals surface area contributed by atoms with Crippen LogP contribution in [-0.2, 0) is 13.6 Å². The molecule has 0 fully saturated rings. The van der Waals surface area contributed by atoms with Crippen LogP contribution in [0, 0.1) is 0 Å². The van der Waals surface area contributed by atoms with Crippen molar-refractivity contribution < 1.29 is 5.11 Å². The Morgan fingerprint density at radius 3 is 2.94 bits per heavy atom. The van der Waals surface area contributed by atoms with Crippen molar-refractivity contribution in [1.29, 1.82) is 0 Å². The van der Waals surface area contributed by atoms with Crippen LogP contribution < -0.4 is 5.56 Å². The van der Waals surface area contributed by atoms with E-state index in [1.165, 1.54) is 0 Å². The van der Waals surface area contributed by atoms with E-state index in [1.807, 2.05) is 0 Å². The Hall–Kier alpha value is -1.69. The van der Waals surface area contributed by atoms with Crippen LogP contribution in [0.2, 0.25) is 0 Å². The van der Waals surface area contributed by atoms with Gasteiger partial charge < -0.3 is 5.11 Å². The average molecular weight is 236 g/mol. The minimum absolute atomic E-state index is 0.0490. The van der Waals surface area contributed by atoms with Crippen molar-refractivity contribution in [3.63, 3.8) is 0 Å². The fourth-order valence-electron chi connectivity index (χ4n) is 1.80. The molecule has 0 aliphatic heterocycles. The van der Waals surface area contributed by atoms with Crippen molar-refractivity contribution >= 4 is 11.0 Å². The second kappa shape index (κ2) is 5.09. The van der Waals surface area contributed by atoms with Gasteiger partial charge in [-0.05, 0) is 19.3 Å². The molecule has 0 saturated carbocycles. The number of nitrogens with zero attached hydrogens (tertiary/aromatic N) is 4. The third-order valence-electron chi connectivity index (χ3n) is 2.78. The largest absolute Gasteiger partial charge is 0.396 e. The standard InChI is InChI=1S/C11H16N4O2/c1-14-10-9(7-13-14)11(17)15(8-12-10)5-3-2-4-6-16/h7-8,16H,2-6H2,1H3. The lowest BCUT2D eigenvalue weighted by molar-refractivity contribution is 0.281. The number of rotatable bonds is 5. The predicted molar refractivity (Wildman–Crippen MR) is 63.7 cm³/mol. The minimum Gasteiger partial charge on any atom is -0.396 e. The molecule has 0 aromatic carbocycles. The molecule has 0 bridgehead atoms. The molecule has 2 aromatic heterocycles. The van der Waals surface area contributed by atoms with E-state index < -0.39 is 0 Å². The maximum atomic E-state index is 12.0. The molecule has 0 radical (unpaired) electrons. The summed E-state index contributed by atoms with van der Waals surface area (Å²) in [6.07, 6.45) is 5.67. The highest BCUT2D eigenvalue weighted by Crippen LogP contribution is 2.04. The Morgan fingerprint density at radius 2 is 2.18 bits per heavy atom. The number of hydrogen-bond acceptors (Lipinski definition) is 4. The molecule has 0 amide bonds. The molecule has 0 atom stereocenters. The van der Waals surface area contributed by atoms with Gasteiger partial charge in [0.05, 0.1) is 12.5 Å². The zero-order valence-electron chi connectivity index (χ0n) is 9.83. The number of aliphatic hydroxyl groups is 1. The second-order valence-corrected chi connectivity index (χ2v) is 4.03. The molecule has 2 heterocycles. The molecule has 2 rings (SSSR count). The third-order valence-corrected chi connectivity index (χ3v) is 2.78. The molecule has 6 nitrogen and oxygen atoms in total. The molecular formula is C11H16N4O2. The number of unbranched alkanes of at least 4 members (excludes halogenated alkanes) is 2. The molecule has 0 unspecified atom stereocenters. The van der Waals surface area contributed by atoms with Gasteiger partial charge in [0.15, 0.2) is 5.65 Å². The molecule has 0 aliphatic rings. The van der Waals surface area contributed by atoms with Crippen molar-refractivity contribution in [2.45, 2.75) is 25.8 Å². The zero-order valence-corrected chi connectivity index (χ0v) is 9.83.